The number of ether oxygens (including phenoxy) is 1. The van der Waals surface area contributed by atoms with Gasteiger partial charge in [-0.25, -0.2) is 13.1 Å². The molecule has 188 valence electrons. The first-order valence-electron chi connectivity index (χ1n) is 12.5. The Morgan fingerprint density at radius 2 is 1.74 bits per heavy atom. The molecule has 0 radical (unpaired) electrons. The lowest BCUT2D eigenvalue weighted by atomic mass is 9.83. The van der Waals surface area contributed by atoms with Crippen molar-refractivity contribution in [2.45, 2.75) is 50.5 Å². The Bertz CT molecular complexity index is 1200. The van der Waals surface area contributed by atoms with Crippen LogP contribution in [0.1, 0.15) is 61.5 Å². The molecule has 4 rings (SSSR count). The molecule has 35 heavy (non-hydrogen) atoms. The molecule has 0 saturated carbocycles. The van der Waals surface area contributed by atoms with Crippen molar-refractivity contribution in [1.29, 1.82) is 0 Å². The Balaban J connectivity index is 1.76. The minimum Gasteiger partial charge on any atom is -0.482 e. The van der Waals surface area contributed by atoms with Gasteiger partial charge >= 0.3 is 0 Å². The standard InChI is InChI=1S/C27H35N3O4S/c1-4-15-29-35(32,33)22-11-12-25-23(18-22)24(19-27(34-25)13-16-28-17-14-27)20-7-9-21(10-8-20)26(31)30(5-2)6-3/h7-12,18-19,28-29H,4-6,13-17H2,1-3H3. The van der Waals surface area contributed by atoms with Gasteiger partial charge in [0.25, 0.3) is 5.91 Å². The van der Waals surface area contributed by atoms with Gasteiger partial charge in [-0.2, -0.15) is 0 Å². The van der Waals surface area contributed by atoms with Crippen LogP contribution in [0.15, 0.2) is 53.4 Å². The van der Waals surface area contributed by atoms with Crippen LogP contribution >= 0.6 is 0 Å². The summed E-state index contributed by atoms with van der Waals surface area (Å²) in [7, 11) is -3.62. The third-order valence-electron chi connectivity index (χ3n) is 6.76. The van der Waals surface area contributed by atoms with E-state index in [1.165, 1.54) is 0 Å². The highest BCUT2D eigenvalue weighted by molar-refractivity contribution is 7.89. The van der Waals surface area contributed by atoms with Gasteiger partial charge in [0.1, 0.15) is 11.4 Å². The Morgan fingerprint density at radius 1 is 1.06 bits per heavy atom. The smallest absolute Gasteiger partial charge is 0.253 e. The molecule has 0 unspecified atom stereocenters. The van der Waals surface area contributed by atoms with E-state index in [0.717, 1.165) is 42.6 Å². The molecule has 0 aromatic heterocycles. The summed E-state index contributed by atoms with van der Waals surface area (Å²) in [6, 6.07) is 12.7. The summed E-state index contributed by atoms with van der Waals surface area (Å²) in [4.78, 5) is 14.8. The van der Waals surface area contributed by atoms with Crippen LogP contribution in [0, 0.1) is 0 Å². The molecular formula is C27H35N3O4S. The molecule has 0 bridgehead atoms. The molecule has 7 nitrogen and oxygen atoms in total. The summed E-state index contributed by atoms with van der Waals surface area (Å²) in [6.07, 6.45) is 4.51. The lowest BCUT2D eigenvalue weighted by Gasteiger charge is -2.40. The quantitative estimate of drug-likeness (QED) is 0.579. The van der Waals surface area contributed by atoms with Gasteiger partial charge in [-0.05, 0) is 80.9 Å². The van der Waals surface area contributed by atoms with Crippen LogP contribution in [-0.4, -0.2) is 57.5 Å². The zero-order valence-electron chi connectivity index (χ0n) is 20.8. The Hall–Kier alpha value is -2.68. The molecule has 2 aromatic rings. The van der Waals surface area contributed by atoms with Crippen LogP contribution in [0.4, 0.5) is 0 Å². The van der Waals surface area contributed by atoms with E-state index in [0.29, 0.717) is 37.4 Å². The second kappa shape index (κ2) is 10.5. The van der Waals surface area contributed by atoms with Crippen LogP contribution in [0.25, 0.3) is 5.57 Å². The lowest BCUT2D eigenvalue weighted by molar-refractivity contribution is 0.0772. The van der Waals surface area contributed by atoms with E-state index in [1.807, 2.05) is 45.0 Å². The fourth-order valence-electron chi connectivity index (χ4n) is 4.71. The molecular weight excluding hydrogens is 462 g/mol. The van der Waals surface area contributed by atoms with Crippen molar-refractivity contribution in [2.75, 3.05) is 32.7 Å². The summed E-state index contributed by atoms with van der Waals surface area (Å²) in [5, 5.41) is 3.39. The minimum absolute atomic E-state index is 0.00751. The summed E-state index contributed by atoms with van der Waals surface area (Å²) in [5.74, 6) is 0.690. The third kappa shape index (κ3) is 5.29. The van der Waals surface area contributed by atoms with Gasteiger partial charge in [0.2, 0.25) is 10.0 Å². The van der Waals surface area contributed by atoms with Crippen LogP contribution in [0.3, 0.4) is 0 Å². The maximum absolute atomic E-state index is 12.8. The topological polar surface area (TPSA) is 87.7 Å². The summed E-state index contributed by atoms with van der Waals surface area (Å²) >= 11 is 0. The van der Waals surface area contributed by atoms with Crippen LogP contribution in [0.5, 0.6) is 5.75 Å². The summed E-state index contributed by atoms with van der Waals surface area (Å²) < 4.78 is 34.8. The average Bonchev–Trinajstić information content (AvgIpc) is 2.88. The number of carbonyl (C=O) groups excluding carboxylic acids is 1. The molecule has 1 amide bonds. The van der Waals surface area contributed by atoms with Gasteiger partial charge in [-0.15, -0.1) is 0 Å². The molecule has 1 spiro atoms. The van der Waals surface area contributed by atoms with Gasteiger partial charge in [0.15, 0.2) is 0 Å². The molecule has 2 heterocycles. The molecule has 8 heteroatoms. The highest BCUT2D eigenvalue weighted by Crippen LogP contribution is 2.43. The number of benzene rings is 2. The van der Waals surface area contributed by atoms with Crippen molar-refractivity contribution in [3.05, 3.63) is 65.2 Å². The van der Waals surface area contributed by atoms with Gasteiger partial charge in [-0.1, -0.05) is 19.1 Å². The van der Waals surface area contributed by atoms with E-state index in [9.17, 15) is 13.2 Å². The van der Waals surface area contributed by atoms with Crippen molar-refractivity contribution < 1.29 is 17.9 Å². The maximum atomic E-state index is 12.8. The molecule has 0 aliphatic carbocycles. The number of amides is 1. The van der Waals surface area contributed by atoms with E-state index in [-0.39, 0.29) is 10.8 Å². The van der Waals surface area contributed by atoms with E-state index in [4.69, 9.17) is 4.74 Å². The molecule has 1 fully saturated rings. The van der Waals surface area contributed by atoms with Gasteiger partial charge in [0.05, 0.1) is 4.90 Å². The summed E-state index contributed by atoms with van der Waals surface area (Å²) in [5.41, 5.74) is 2.81. The number of hydrogen-bond donors (Lipinski definition) is 2. The largest absolute Gasteiger partial charge is 0.482 e. The van der Waals surface area contributed by atoms with Crippen molar-refractivity contribution in [3.63, 3.8) is 0 Å². The second-order valence-corrected chi connectivity index (χ2v) is 10.9. The first kappa shape index (κ1) is 25.4. The zero-order chi connectivity index (χ0) is 25.1. The predicted molar refractivity (Wildman–Crippen MR) is 138 cm³/mol. The van der Waals surface area contributed by atoms with Gasteiger partial charge in [0, 0.05) is 43.6 Å². The molecule has 2 aliphatic rings. The first-order valence-corrected chi connectivity index (χ1v) is 14.0. The number of nitrogens with one attached hydrogen (secondary N) is 2. The van der Waals surface area contributed by atoms with Crippen LogP contribution in [0.2, 0.25) is 0 Å². The Morgan fingerprint density at radius 3 is 2.37 bits per heavy atom. The molecule has 1 saturated heterocycles. The highest BCUT2D eigenvalue weighted by Gasteiger charge is 2.37. The lowest BCUT2D eigenvalue weighted by Crippen LogP contribution is -2.46. The van der Waals surface area contributed by atoms with Crippen LogP contribution < -0.4 is 14.8 Å². The minimum atomic E-state index is -3.62. The summed E-state index contributed by atoms with van der Waals surface area (Å²) in [6.45, 7) is 9.28. The van der Waals surface area contributed by atoms with Crippen molar-refractivity contribution in [2.24, 2.45) is 0 Å². The monoisotopic (exact) mass is 497 g/mol. The highest BCUT2D eigenvalue weighted by atomic mass is 32.2. The maximum Gasteiger partial charge on any atom is 0.253 e. The van der Waals surface area contributed by atoms with Crippen molar-refractivity contribution in [1.82, 2.24) is 14.9 Å². The average molecular weight is 498 g/mol. The van der Waals surface area contributed by atoms with Crippen molar-refractivity contribution in [3.8, 4) is 5.75 Å². The normalized spacial score (nSPS) is 16.8. The number of nitrogens with zero attached hydrogens (tertiary/aromatic N) is 1. The predicted octanol–water partition coefficient (Wildman–Crippen LogP) is 3.80. The second-order valence-electron chi connectivity index (χ2n) is 9.09. The molecule has 2 aliphatic heterocycles. The van der Waals surface area contributed by atoms with E-state index < -0.39 is 15.6 Å². The first-order chi connectivity index (χ1) is 16.8. The number of carbonyl (C=O) groups is 1. The number of sulfonamides is 1. The fourth-order valence-corrected chi connectivity index (χ4v) is 5.87. The van der Waals surface area contributed by atoms with Crippen molar-refractivity contribution >= 4 is 21.5 Å². The Labute approximate surface area is 208 Å². The zero-order valence-corrected chi connectivity index (χ0v) is 21.6. The number of hydrogen-bond acceptors (Lipinski definition) is 5. The van der Waals surface area contributed by atoms with E-state index in [2.05, 4.69) is 16.1 Å². The number of rotatable bonds is 8. The molecule has 2 aromatic carbocycles. The number of fused-ring (bicyclic) bond motifs is 1. The SMILES string of the molecule is CCCNS(=O)(=O)c1ccc2c(c1)C(c1ccc(C(=O)N(CC)CC)cc1)=CC1(CCNCC1)O2. The van der Waals surface area contributed by atoms with E-state index >= 15 is 0 Å². The molecule has 2 N–H and O–H groups in total. The number of piperidine rings is 1. The third-order valence-corrected chi connectivity index (χ3v) is 8.22. The fraction of sp³-hybridized carbons (Fsp3) is 0.444. The Kier molecular flexibility index (Phi) is 7.64. The molecule has 0 atom stereocenters. The van der Waals surface area contributed by atoms with Gasteiger partial charge < -0.3 is 15.0 Å². The van der Waals surface area contributed by atoms with Gasteiger partial charge in [-0.3, -0.25) is 4.79 Å². The van der Waals surface area contributed by atoms with Crippen LogP contribution in [-0.2, 0) is 10.0 Å². The van der Waals surface area contributed by atoms with E-state index in [1.54, 1.807) is 23.1 Å².